The molecule has 0 aliphatic carbocycles. The van der Waals surface area contributed by atoms with Gasteiger partial charge in [0.2, 0.25) is 0 Å². The predicted octanol–water partition coefficient (Wildman–Crippen LogP) is 3.70. The minimum Gasteiger partial charge on any atom is -0.377 e. The van der Waals surface area contributed by atoms with Crippen LogP contribution in [0.3, 0.4) is 0 Å². The maximum atomic E-state index is 13.2. The van der Waals surface area contributed by atoms with Gasteiger partial charge in [0.25, 0.3) is 0 Å². The van der Waals surface area contributed by atoms with E-state index in [1.165, 1.54) is 0 Å². The van der Waals surface area contributed by atoms with Crippen LogP contribution in [0.15, 0.2) is 6.07 Å². The highest BCUT2D eigenvalue weighted by atomic mass is 19.2. The average molecular weight is 235 g/mol. The Labute approximate surface area is 91.5 Å². The van der Waals surface area contributed by atoms with Gasteiger partial charge in [-0.15, -0.1) is 0 Å². The first-order valence-electron chi connectivity index (χ1n) is 4.94. The third-order valence-corrected chi connectivity index (χ3v) is 2.48. The Morgan fingerprint density at radius 1 is 0.938 bits per heavy atom. The molecule has 0 bridgehead atoms. The van der Waals surface area contributed by atoms with Crippen LogP contribution in [0.2, 0.25) is 0 Å². The van der Waals surface area contributed by atoms with Crippen molar-refractivity contribution in [2.45, 2.75) is 26.8 Å². The number of hydrogen-bond donors (Lipinski definition) is 1. The van der Waals surface area contributed by atoms with Gasteiger partial charge in [-0.25, -0.2) is 17.6 Å². The largest absolute Gasteiger partial charge is 0.377 e. The zero-order chi connectivity index (χ0) is 12.5. The van der Waals surface area contributed by atoms with E-state index in [4.69, 9.17) is 0 Å². The predicted molar refractivity (Wildman–Crippen MR) is 54.2 cm³/mol. The summed E-state index contributed by atoms with van der Waals surface area (Å²) in [7, 11) is 0. The Balaban J connectivity index is 3.12. The molecule has 90 valence electrons. The van der Waals surface area contributed by atoms with Crippen LogP contribution in [0.5, 0.6) is 0 Å². The molecule has 0 saturated carbocycles. The van der Waals surface area contributed by atoms with Gasteiger partial charge in [-0.1, -0.05) is 13.8 Å². The lowest BCUT2D eigenvalue weighted by molar-refractivity contribution is 0.452. The van der Waals surface area contributed by atoms with E-state index < -0.39 is 29.0 Å². The summed E-state index contributed by atoms with van der Waals surface area (Å²) < 4.78 is 52.1. The van der Waals surface area contributed by atoms with Crippen LogP contribution in [0.1, 0.15) is 20.8 Å². The Bertz CT molecular complexity index is 364. The van der Waals surface area contributed by atoms with E-state index in [0.717, 1.165) is 0 Å². The van der Waals surface area contributed by atoms with Crippen LogP contribution in [-0.2, 0) is 0 Å². The number of benzene rings is 1. The van der Waals surface area contributed by atoms with Crippen molar-refractivity contribution in [3.63, 3.8) is 0 Å². The fourth-order valence-electron chi connectivity index (χ4n) is 1.09. The Hall–Kier alpha value is -1.26. The number of nitrogens with one attached hydrogen (secondary N) is 1. The Kier molecular flexibility index (Phi) is 3.78. The van der Waals surface area contributed by atoms with Crippen LogP contribution >= 0.6 is 0 Å². The fourth-order valence-corrected chi connectivity index (χ4v) is 1.09. The number of rotatable bonds is 3. The van der Waals surface area contributed by atoms with Gasteiger partial charge in [0, 0.05) is 12.1 Å². The summed E-state index contributed by atoms with van der Waals surface area (Å²) in [6, 6.07) is -0.110. The molecule has 1 nitrogen and oxygen atoms in total. The van der Waals surface area contributed by atoms with Gasteiger partial charge in [-0.3, -0.25) is 0 Å². The summed E-state index contributed by atoms with van der Waals surface area (Å²) in [6.45, 7) is 5.32. The SMILES string of the molecule is CC(C)C(C)Nc1c(F)c(F)cc(F)c1F. The molecule has 5 heteroatoms. The summed E-state index contributed by atoms with van der Waals surface area (Å²) in [4.78, 5) is 0. The molecule has 0 amide bonds. The second kappa shape index (κ2) is 4.72. The third kappa shape index (κ3) is 2.46. The molecule has 0 radical (unpaired) electrons. The summed E-state index contributed by atoms with van der Waals surface area (Å²) in [5, 5.41) is 2.43. The minimum absolute atomic E-state index is 0.0742. The lowest BCUT2D eigenvalue weighted by Crippen LogP contribution is -2.23. The van der Waals surface area contributed by atoms with E-state index in [0.29, 0.717) is 0 Å². The molecule has 1 aromatic carbocycles. The molecule has 1 unspecified atom stereocenters. The summed E-state index contributed by atoms with van der Waals surface area (Å²) in [5.74, 6) is -5.53. The van der Waals surface area contributed by atoms with Crippen molar-refractivity contribution < 1.29 is 17.6 Å². The molecule has 1 atom stereocenters. The molecule has 0 aliphatic heterocycles. The van der Waals surface area contributed by atoms with Crippen molar-refractivity contribution in [2.24, 2.45) is 5.92 Å². The van der Waals surface area contributed by atoms with E-state index in [1.807, 2.05) is 13.8 Å². The van der Waals surface area contributed by atoms with Gasteiger partial charge in [-0.05, 0) is 12.8 Å². The molecule has 0 fully saturated rings. The summed E-state index contributed by atoms with van der Waals surface area (Å²) in [5.41, 5.74) is -0.751. The number of anilines is 1. The van der Waals surface area contributed by atoms with Gasteiger partial charge >= 0.3 is 0 Å². The van der Waals surface area contributed by atoms with Gasteiger partial charge in [-0.2, -0.15) is 0 Å². The monoisotopic (exact) mass is 235 g/mol. The van der Waals surface area contributed by atoms with Crippen molar-refractivity contribution >= 4 is 5.69 Å². The fraction of sp³-hybridized carbons (Fsp3) is 0.455. The van der Waals surface area contributed by atoms with Crippen LogP contribution in [0.25, 0.3) is 0 Å². The normalized spacial score (nSPS) is 13.0. The lowest BCUT2D eigenvalue weighted by Gasteiger charge is -2.19. The molecule has 1 aromatic rings. The molecule has 0 saturated heterocycles. The zero-order valence-electron chi connectivity index (χ0n) is 9.24. The van der Waals surface area contributed by atoms with Gasteiger partial charge in [0.15, 0.2) is 23.3 Å². The molecule has 1 N–H and O–H groups in total. The Morgan fingerprint density at radius 2 is 1.38 bits per heavy atom. The van der Waals surface area contributed by atoms with Crippen LogP contribution in [0.4, 0.5) is 23.2 Å². The topological polar surface area (TPSA) is 12.0 Å². The maximum Gasteiger partial charge on any atom is 0.185 e. The smallest absolute Gasteiger partial charge is 0.185 e. The zero-order valence-corrected chi connectivity index (χ0v) is 9.24. The van der Waals surface area contributed by atoms with Gasteiger partial charge in [0.05, 0.1) is 0 Å². The summed E-state index contributed by atoms with van der Waals surface area (Å²) >= 11 is 0. The van der Waals surface area contributed by atoms with Crippen molar-refractivity contribution in [1.82, 2.24) is 0 Å². The first-order valence-corrected chi connectivity index (χ1v) is 4.94. The highest BCUT2D eigenvalue weighted by molar-refractivity contribution is 5.48. The lowest BCUT2D eigenvalue weighted by atomic mass is 10.1. The maximum absolute atomic E-state index is 13.2. The second-order valence-electron chi connectivity index (χ2n) is 4.02. The van der Waals surface area contributed by atoms with Crippen molar-refractivity contribution in [3.8, 4) is 0 Å². The van der Waals surface area contributed by atoms with Crippen LogP contribution in [-0.4, -0.2) is 6.04 Å². The molecule has 1 rings (SSSR count). The van der Waals surface area contributed by atoms with E-state index >= 15 is 0 Å². The molecular formula is C11H13F4N. The minimum atomic E-state index is -1.41. The first kappa shape index (κ1) is 12.8. The van der Waals surface area contributed by atoms with Crippen molar-refractivity contribution in [3.05, 3.63) is 29.3 Å². The molecule has 0 aromatic heterocycles. The molecular weight excluding hydrogens is 222 g/mol. The highest BCUT2D eigenvalue weighted by Crippen LogP contribution is 2.25. The van der Waals surface area contributed by atoms with Gasteiger partial charge in [0.1, 0.15) is 5.69 Å². The van der Waals surface area contributed by atoms with Crippen LogP contribution in [0, 0.1) is 29.2 Å². The quantitative estimate of drug-likeness (QED) is 0.622. The molecule has 0 heterocycles. The third-order valence-electron chi connectivity index (χ3n) is 2.48. The Morgan fingerprint density at radius 3 is 1.75 bits per heavy atom. The highest BCUT2D eigenvalue weighted by Gasteiger charge is 2.21. The standard InChI is InChI=1S/C11H13F4N/c1-5(2)6(3)16-11-9(14)7(12)4-8(13)10(11)15/h4-6,16H,1-3H3. The average Bonchev–Trinajstić information content (AvgIpc) is 2.21. The number of halogens is 4. The molecule has 0 aliphatic rings. The van der Waals surface area contributed by atoms with Gasteiger partial charge < -0.3 is 5.32 Å². The van der Waals surface area contributed by atoms with Crippen LogP contribution < -0.4 is 5.32 Å². The van der Waals surface area contributed by atoms with E-state index in [2.05, 4.69) is 5.32 Å². The molecule has 16 heavy (non-hydrogen) atoms. The van der Waals surface area contributed by atoms with Crippen molar-refractivity contribution in [1.29, 1.82) is 0 Å². The van der Waals surface area contributed by atoms with Crippen molar-refractivity contribution in [2.75, 3.05) is 5.32 Å². The van der Waals surface area contributed by atoms with E-state index in [1.54, 1.807) is 6.92 Å². The second-order valence-corrected chi connectivity index (χ2v) is 4.02. The molecule has 0 spiro atoms. The number of hydrogen-bond acceptors (Lipinski definition) is 1. The van der Waals surface area contributed by atoms with E-state index in [9.17, 15) is 17.6 Å². The van der Waals surface area contributed by atoms with E-state index in [-0.39, 0.29) is 18.0 Å². The first-order chi connectivity index (χ1) is 7.34. The summed E-state index contributed by atoms with van der Waals surface area (Å²) in [6.07, 6.45) is 0.